The highest BCUT2D eigenvalue weighted by molar-refractivity contribution is 4.92. The summed E-state index contributed by atoms with van der Waals surface area (Å²) in [6, 6.07) is 0. The van der Waals surface area contributed by atoms with E-state index in [2.05, 4.69) is 27.4 Å². The van der Waals surface area contributed by atoms with Gasteiger partial charge in [-0.2, -0.15) is 0 Å². The summed E-state index contributed by atoms with van der Waals surface area (Å²) in [5.74, 6) is 1.59. The van der Waals surface area contributed by atoms with Gasteiger partial charge in [0.1, 0.15) is 0 Å². The number of ether oxygens (including phenoxy) is 2. The molecule has 0 aromatic rings. The highest BCUT2D eigenvalue weighted by atomic mass is 16.7. The Morgan fingerprint density at radius 3 is 2.23 bits per heavy atom. The summed E-state index contributed by atoms with van der Waals surface area (Å²) >= 11 is 0. The molecule has 0 aromatic carbocycles. The summed E-state index contributed by atoms with van der Waals surface area (Å²) in [5, 5.41) is 0. The summed E-state index contributed by atoms with van der Waals surface area (Å²) in [6.07, 6.45) is 1.93. The van der Waals surface area contributed by atoms with Crippen LogP contribution in [0.5, 0.6) is 0 Å². The number of rotatable bonds is 2. The maximum absolute atomic E-state index is 5.74. The van der Waals surface area contributed by atoms with Crippen LogP contribution >= 0.6 is 0 Å². The zero-order valence-corrected chi connectivity index (χ0v) is 8.99. The molecule has 1 aliphatic heterocycles. The molecule has 1 fully saturated rings. The highest BCUT2D eigenvalue weighted by Crippen LogP contribution is 2.35. The second kappa shape index (κ2) is 4.25. The van der Waals surface area contributed by atoms with Crippen molar-refractivity contribution in [1.82, 2.24) is 0 Å². The van der Waals surface area contributed by atoms with E-state index in [1.165, 1.54) is 0 Å². The van der Waals surface area contributed by atoms with Crippen molar-refractivity contribution in [2.24, 2.45) is 17.8 Å². The SMILES string of the molecule is C=CC1O[C@H](OC)[C@@H](C)C(C)[C@H]1C. The Morgan fingerprint density at radius 2 is 1.77 bits per heavy atom. The lowest BCUT2D eigenvalue weighted by molar-refractivity contribution is -0.224. The van der Waals surface area contributed by atoms with Crippen molar-refractivity contribution in [2.75, 3.05) is 7.11 Å². The van der Waals surface area contributed by atoms with Crippen molar-refractivity contribution < 1.29 is 9.47 Å². The summed E-state index contributed by atoms with van der Waals surface area (Å²) in [6.45, 7) is 10.4. The molecule has 0 N–H and O–H groups in total. The summed E-state index contributed by atoms with van der Waals surface area (Å²) in [4.78, 5) is 0. The minimum atomic E-state index is -0.0748. The van der Waals surface area contributed by atoms with Crippen LogP contribution in [-0.2, 0) is 9.47 Å². The summed E-state index contributed by atoms with van der Waals surface area (Å²) < 4.78 is 11.0. The van der Waals surface area contributed by atoms with Crippen LogP contribution in [0.15, 0.2) is 12.7 Å². The van der Waals surface area contributed by atoms with E-state index in [9.17, 15) is 0 Å². The number of hydrogen-bond donors (Lipinski definition) is 0. The molecule has 0 saturated carbocycles. The smallest absolute Gasteiger partial charge is 0.160 e. The standard InChI is InChI=1S/C11H20O2/c1-6-10-8(3)7(2)9(4)11(12-5)13-10/h6-11H,1H2,2-5H3/t7?,8-,9+,10?,11+/m1/s1. The third kappa shape index (κ3) is 1.94. The molecule has 0 aliphatic carbocycles. The maximum Gasteiger partial charge on any atom is 0.160 e. The third-order valence-corrected chi connectivity index (χ3v) is 3.36. The lowest BCUT2D eigenvalue weighted by Gasteiger charge is -2.41. The predicted molar refractivity (Wildman–Crippen MR) is 53.4 cm³/mol. The Bertz CT molecular complexity index is 177. The van der Waals surface area contributed by atoms with E-state index in [1.807, 2.05) is 6.08 Å². The van der Waals surface area contributed by atoms with Crippen molar-refractivity contribution in [3.8, 4) is 0 Å². The van der Waals surface area contributed by atoms with Crippen LogP contribution in [0.2, 0.25) is 0 Å². The molecule has 1 saturated heterocycles. The highest BCUT2D eigenvalue weighted by Gasteiger charge is 2.37. The minimum Gasteiger partial charge on any atom is -0.356 e. The molecule has 2 nitrogen and oxygen atoms in total. The molecule has 0 aromatic heterocycles. The molecule has 2 heteroatoms. The first-order valence-corrected chi connectivity index (χ1v) is 4.92. The minimum absolute atomic E-state index is 0.0748. The van der Waals surface area contributed by atoms with Crippen molar-refractivity contribution >= 4 is 0 Å². The molecule has 0 bridgehead atoms. The summed E-state index contributed by atoms with van der Waals surface area (Å²) in [7, 11) is 1.70. The quantitative estimate of drug-likeness (QED) is 0.614. The first-order valence-electron chi connectivity index (χ1n) is 4.92. The van der Waals surface area contributed by atoms with Gasteiger partial charge in [-0.25, -0.2) is 0 Å². The molecule has 13 heavy (non-hydrogen) atoms. The van der Waals surface area contributed by atoms with E-state index in [0.717, 1.165) is 0 Å². The van der Waals surface area contributed by atoms with Crippen LogP contribution < -0.4 is 0 Å². The third-order valence-electron chi connectivity index (χ3n) is 3.36. The first kappa shape index (κ1) is 10.7. The van der Waals surface area contributed by atoms with E-state index in [1.54, 1.807) is 7.11 Å². The van der Waals surface area contributed by atoms with Crippen molar-refractivity contribution in [2.45, 2.75) is 33.2 Å². The van der Waals surface area contributed by atoms with Crippen LogP contribution in [0.4, 0.5) is 0 Å². The Morgan fingerprint density at radius 1 is 1.15 bits per heavy atom. The molecule has 1 rings (SSSR count). The number of methoxy groups -OCH3 is 1. The fourth-order valence-corrected chi connectivity index (χ4v) is 1.97. The fraction of sp³-hybridized carbons (Fsp3) is 0.818. The van der Waals surface area contributed by atoms with Gasteiger partial charge in [0.2, 0.25) is 0 Å². The van der Waals surface area contributed by atoms with E-state index in [-0.39, 0.29) is 12.4 Å². The average molecular weight is 184 g/mol. The van der Waals surface area contributed by atoms with Gasteiger partial charge in [-0.05, 0) is 11.8 Å². The average Bonchev–Trinajstić information content (AvgIpc) is 2.15. The van der Waals surface area contributed by atoms with Crippen LogP contribution in [0.25, 0.3) is 0 Å². The van der Waals surface area contributed by atoms with Crippen molar-refractivity contribution in [1.29, 1.82) is 0 Å². The fourth-order valence-electron chi connectivity index (χ4n) is 1.97. The molecular weight excluding hydrogens is 164 g/mol. The topological polar surface area (TPSA) is 18.5 Å². The number of hydrogen-bond acceptors (Lipinski definition) is 2. The van der Waals surface area contributed by atoms with Gasteiger partial charge in [-0.1, -0.05) is 26.8 Å². The van der Waals surface area contributed by atoms with Crippen LogP contribution in [-0.4, -0.2) is 19.5 Å². The Kier molecular flexibility index (Phi) is 3.51. The Hall–Kier alpha value is -0.340. The Balaban J connectivity index is 2.71. The molecule has 1 heterocycles. The van der Waals surface area contributed by atoms with E-state index < -0.39 is 0 Å². The van der Waals surface area contributed by atoms with Crippen LogP contribution in [0.1, 0.15) is 20.8 Å². The molecule has 0 spiro atoms. The van der Waals surface area contributed by atoms with Gasteiger partial charge in [-0.3, -0.25) is 0 Å². The van der Waals surface area contributed by atoms with Crippen molar-refractivity contribution in [3.05, 3.63) is 12.7 Å². The van der Waals surface area contributed by atoms with Crippen molar-refractivity contribution in [3.63, 3.8) is 0 Å². The molecule has 0 radical (unpaired) electrons. The van der Waals surface area contributed by atoms with Crippen LogP contribution in [0, 0.1) is 17.8 Å². The van der Waals surface area contributed by atoms with Gasteiger partial charge in [0.15, 0.2) is 6.29 Å². The first-order chi connectivity index (χ1) is 6.11. The van der Waals surface area contributed by atoms with Gasteiger partial charge >= 0.3 is 0 Å². The second-order valence-corrected chi connectivity index (χ2v) is 4.02. The monoisotopic (exact) mass is 184 g/mol. The zero-order valence-electron chi connectivity index (χ0n) is 8.99. The van der Waals surface area contributed by atoms with Gasteiger partial charge < -0.3 is 9.47 Å². The van der Waals surface area contributed by atoms with E-state index in [0.29, 0.717) is 17.8 Å². The largest absolute Gasteiger partial charge is 0.356 e. The maximum atomic E-state index is 5.74. The second-order valence-electron chi connectivity index (χ2n) is 4.02. The van der Waals surface area contributed by atoms with Gasteiger partial charge in [-0.15, -0.1) is 6.58 Å². The van der Waals surface area contributed by atoms with Gasteiger partial charge in [0, 0.05) is 13.0 Å². The zero-order chi connectivity index (χ0) is 10.0. The lowest BCUT2D eigenvalue weighted by atomic mass is 9.79. The van der Waals surface area contributed by atoms with Gasteiger partial charge in [0.05, 0.1) is 6.10 Å². The van der Waals surface area contributed by atoms with Crippen LogP contribution in [0.3, 0.4) is 0 Å². The van der Waals surface area contributed by atoms with Gasteiger partial charge in [0.25, 0.3) is 0 Å². The molecule has 76 valence electrons. The molecule has 5 atom stereocenters. The normalized spacial score (nSPS) is 46.0. The van der Waals surface area contributed by atoms with E-state index in [4.69, 9.17) is 9.47 Å². The summed E-state index contributed by atoms with van der Waals surface area (Å²) in [5.41, 5.74) is 0. The molecular formula is C11H20O2. The predicted octanol–water partition coefficient (Wildman–Crippen LogP) is 2.45. The molecule has 0 amide bonds. The molecule has 1 aliphatic rings. The molecule has 2 unspecified atom stereocenters. The van der Waals surface area contributed by atoms with E-state index >= 15 is 0 Å². The Labute approximate surface area is 80.9 Å². The lowest BCUT2D eigenvalue weighted by Crippen LogP contribution is -2.44.